The van der Waals surface area contributed by atoms with Crippen LogP contribution in [0, 0.1) is 49.9 Å². The van der Waals surface area contributed by atoms with Crippen LogP contribution in [-0.4, -0.2) is 44.0 Å². The Balaban J connectivity index is 1.74. The van der Waals surface area contributed by atoms with Crippen LogP contribution < -0.4 is 14.2 Å². The summed E-state index contributed by atoms with van der Waals surface area (Å²) in [6.45, 7) is 6.50. The van der Waals surface area contributed by atoms with Crippen molar-refractivity contribution in [2.75, 3.05) is 23.0 Å². The topological polar surface area (TPSA) is 128 Å². The number of unbranched alkanes of at least 4 members (excludes halogenated alkanes) is 1. The van der Waals surface area contributed by atoms with Gasteiger partial charge in [-0.2, -0.15) is 13.0 Å². The first-order chi connectivity index (χ1) is 21.3. The van der Waals surface area contributed by atoms with E-state index >= 15 is 0 Å². The fourth-order valence-corrected chi connectivity index (χ4v) is 6.92. The van der Waals surface area contributed by atoms with Gasteiger partial charge in [0.2, 0.25) is 11.4 Å². The zero-order chi connectivity index (χ0) is 32.8. The van der Waals surface area contributed by atoms with Crippen molar-refractivity contribution in [1.82, 2.24) is 0 Å². The van der Waals surface area contributed by atoms with Gasteiger partial charge in [0.1, 0.15) is 4.70 Å². The van der Waals surface area contributed by atoms with Crippen molar-refractivity contribution in [3.63, 3.8) is 0 Å². The standard InChI is InChI=1S/C33H32N2O7S3/c1-5-7-8-9-12-27-13-14-30-28(21-27)34(16-18-45(39,40)41)32(42-30)22-26(6-2)23-33-35(15-10-11-17-44(36,37)38)29-19-24(3)25(4)20-31(29)43-33/h1,13-14,19-23H,6,10-11,15-18H2,2-4H3,(H-,36,37,38,39,40,41). The largest absolute Gasteiger partial charge is 0.748 e. The molecule has 234 valence electrons. The van der Waals surface area contributed by atoms with E-state index in [-0.39, 0.29) is 12.3 Å². The van der Waals surface area contributed by atoms with E-state index in [2.05, 4.69) is 53.2 Å². The summed E-state index contributed by atoms with van der Waals surface area (Å²) in [4.78, 5) is 1.65. The molecule has 1 N–H and O–H groups in total. The van der Waals surface area contributed by atoms with Crippen molar-refractivity contribution >= 4 is 53.6 Å². The Bertz CT molecular complexity index is 2080. The molecule has 0 saturated carbocycles. The fourth-order valence-electron chi connectivity index (χ4n) is 4.70. The summed E-state index contributed by atoms with van der Waals surface area (Å²) in [6.07, 6.45) is 10.5. The van der Waals surface area contributed by atoms with E-state index < -0.39 is 26.0 Å². The van der Waals surface area contributed by atoms with Crippen LogP contribution in [0.15, 0.2) is 47.9 Å². The molecule has 2 heterocycles. The minimum atomic E-state index is -4.51. The third-order valence-corrected chi connectivity index (χ3v) is 9.69. The predicted octanol–water partition coefficient (Wildman–Crippen LogP) is 4.54. The maximum Gasteiger partial charge on any atom is 0.264 e. The molecule has 0 atom stereocenters. The lowest BCUT2D eigenvalue weighted by molar-refractivity contribution is -0.669. The van der Waals surface area contributed by atoms with E-state index in [0.29, 0.717) is 48.7 Å². The van der Waals surface area contributed by atoms with Crippen LogP contribution in [0.3, 0.4) is 0 Å². The molecule has 1 aromatic heterocycles. The quantitative estimate of drug-likeness (QED) is 0.137. The maximum atomic E-state index is 11.6. The summed E-state index contributed by atoms with van der Waals surface area (Å²) in [5.74, 6) is 12.7. The van der Waals surface area contributed by atoms with E-state index in [1.807, 2.05) is 26.0 Å². The highest BCUT2D eigenvalue weighted by atomic mass is 32.2. The first-order valence-electron chi connectivity index (χ1n) is 14.1. The van der Waals surface area contributed by atoms with Gasteiger partial charge in [0, 0.05) is 36.7 Å². The number of anilines is 1. The number of thiazole rings is 1. The molecule has 0 amide bonds. The van der Waals surface area contributed by atoms with Crippen molar-refractivity contribution in [2.24, 2.45) is 0 Å². The number of nitrogens with zero attached hydrogens (tertiary/aromatic N) is 2. The van der Waals surface area contributed by atoms with E-state index in [4.69, 9.17) is 15.7 Å². The molecule has 0 aliphatic carbocycles. The molecular formula is C33H32N2O7S3. The molecule has 2 aromatic carbocycles. The number of hydrogen-bond acceptors (Lipinski definition) is 8. The van der Waals surface area contributed by atoms with Crippen LogP contribution in [0.2, 0.25) is 0 Å². The van der Waals surface area contributed by atoms with E-state index in [0.717, 1.165) is 31.9 Å². The second-order valence-corrected chi connectivity index (χ2v) is 14.5. The summed E-state index contributed by atoms with van der Waals surface area (Å²) in [5, 5.41) is 0.936. The monoisotopic (exact) mass is 664 g/mol. The number of hydrogen-bond donors (Lipinski definition) is 1. The highest BCUT2D eigenvalue weighted by Gasteiger charge is 2.28. The van der Waals surface area contributed by atoms with Gasteiger partial charge in [-0.1, -0.05) is 24.2 Å². The first kappa shape index (κ1) is 33.8. The van der Waals surface area contributed by atoms with Gasteiger partial charge in [0.15, 0.2) is 12.3 Å². The van der Waals surface area contributed by atoms with Gasteiger partial charge in [0.25, 0.3) is 15.1 Å². The van der Waals surface area contributed by atoms with Crippen LogP contribution in [0.1, 0.15) is 47.9 Å². The molecule has 0 saturated heterocycles. The second-order valence-electron chi connectivity index (χ2n) is 10.4. The smallest absolute Gasteiger partial charge is 0.264 e. The van der Waals surface area contributed by atoms with E-state index in [1.165, 1.54) is 0 Å². The van der Waals surface area contributed by atoms with Crippen molar-refractivity contribution in [2.45, 2.75) is 46.6 Å². The van der Waals surface area contributed by atoms with E-state index in [1.54, 1.807) is 34.4 Å². The number of allylic oxidation sites excluding steroid dienone is 2. The van der Waals surface area contributed by atoms with Crippen molar-refractivity contribution in [1.29, 1.82) is 0 Å². The summed E-state index contributed by atoms with van der Waals surface area (Å²) in [7, 11) is -8.55. The number of benzene rings is 2. The van der Waals surface area contributed by atoms with Gasteiger partial charge in [-0.25, -0.2) is 8.42 Å². The lowest BCUT2D eigenvalue weighted by Crippen LogP contribution is -2.35. The molecule has 1 aliphatic rings. The Morgan fingerprint density at radius 1 is 1.09 bits per heavy atom. The molecule has 0 fully saturated rings. The number of aromatic nitrogens is 1. The SMILES string of the molecule is C#CC#CC#Cc1ccc2c(c1)N(CCS(=O)(=O)[O-])C(=C/C(=C/c1sc3cc(C)c(C)cc3[n+]1CCCCS(=O)(=O)O)CC)O2. The molecule has 3 aromatic rings. The number of fused-ring (bicyclic) bond motifs is 2. The zero-order valence-electron chi connectivity index (χ0n) is 25.1. The Morgan fingerprint density at radius 3 is 2.53 bits per heavy atom. The fraction of sp³-hybridized carbons (Fsp3) is 0.303. The molecule has 45 heavy (non-hydrogen) atoms. The van der Waals surface area contributed by atoms with Gasteiger partial charge in [-0.3, -0.25) is 4.55 Å². The first-order valence-corrected chi connectivity index (χ1v) is 18.1. The normalized spacial score (nSPS) is 13.9. The molecule has 0 spiro atoms. The molecule has 9 nitrogen and oxygen atoms in total. The average molecular weight is 665 g/mol. The lowest BCUT2D eigenvalue weighted by atomic mass is 10.1. The molecule has 1 aliphatic heterocycles. The minimum Gasteiger partial charge on any atom is -0.748 e. The highest BCUT2D eigenvalue weighted by molar-refractivity contribution is 7.86. The van der Waals surface area contributed by atoms with Crippen LogP contribution in [0.4, 0.5) is 5.69 Å². The molecule has 4 rings (SSSR count). The zero-order valence-corrected chi connectivity index (χ0v) is 27.5. The van der Waals surface area contributed by atoms with Crippen molar-refractivity contribution < 1.29 is 35.2 Å². The molecular weight excluding hydrogens is 633 g/mol. The third kappa shape index (κ3) is 9.21. The van der Waals surface area contributed by atoms with Crippen LogP contribution in [0.25, 0.3) is 16.3 Å². The van der Waals surface area contributed by atoms with E-state index in [9.17, 15) is 21.4 Å². The summed E-state index contributed by atoms with van der Waals surface area (Å²) in [6, 6.07) is 9.46. The number of ether oxygens (including phenoxy) is 1. The second kappa shape index (κ2) is 14.3. The van der Waals surface area contributed by atoms with Crippen molar-refractivity contribution in [3.8, 4) is 41.8 Å². The third-order valence-electron chi connectivity index (χ3n) is 7.11. The summed E-state index contributed by atoms with van der Waals surface area (Å²) < 4.78 is 75.8. The molecule has 0 bridgehead atoms. The molecule has 0 radical (unpaired) electrons. The van der Waals surface area contributed by atoms with Gasteiger partial charge in [-0.05, 0) is 91.3 Å². The van der Waals surface area contributed by atoms with Gasteiger partial charge in [-0.15, -0.1) is 6.42 Å². The van der Waals surface area contributed by atoms with Crippen molar-refractivity contribution in [3.05, 3.63) is 69.6 Å². The number of aryl methyl sites for hydroxylation is 3. The number of terminal acetylenes is 1. The highest BCUT2D eigenvalue weighted by Crippen LogP contribution is 2.40. The predicted molar refractivity (Wildman–Crippen MR) is 176 cm³/mol. The van der Waals surface area contributed by atoms with Gasteiger partial charge < -0.3 is 14.2 Å². The van der Waals surface area contributed by atoms with Gasteiger partial charge >= 0.3 is 0 Å². The van der Waals surface area contributed by atoms with Crippen LogP contribution >= 0.6 is 11.3 Å². The lowest BCUT2D eigenvalue weighted by Gasteiger charge is -2.19. The minimum absolute atomic E-state index is 0.120. The Kier molecular flexibility index (Phi) is 10.8. The Morgan fingerprint density at radius 2 is 1.84 bits per heavy atom. The van der Waals surface area contributed by atoms with Crippen LogP contribution in [-0.2, 0) is 26.8 Å². The summed E-state index contributed by atoms with van der Waals surface area (Å²) >= 11 is 1.60. The Labute approximate surface area is 268 Å². The molecule has 0 unspecified atom stereocenters. The van der Waals surface area contributed by atoms with Gasteiger partial charge in [0.05, 0.1) is 27.3 Å². The maximum absolute atomic E-state index is 11.6. The summed E-state index contributed by atoms with van der Waals surface area (Å²) in [5.41, 5.74) is 5.37. The average Bonchev–Trinajstić information content (AvgIpc) is 3.47. The van der Waals surface area contributed by atoms with Crippen LogP contribution in [0.5, 0.6) is 5.75 Å². The molecule has 12 heteroatoms. The number of rotatable bonds is 11. The Hall–Kier alpha value is -4.09.